The molecule has 1 aromatic rings. The highest BCUT2D eigenvalue weighted by Gasteiger charge is 2.52. The van der Waals surface area contributed by atoms with E-state index in [2.05, 4.69) is 10.3 Å². The highest BCUT2D eigenvalue weighted by molar-refractivity contribution is 5.94. The normalized spacial score (nSPS) is 22.9. The molecule has 2 saturated heterocycles. The van der Waals surface area contributed by atoms with Gasteiger partial charge in [-0.05, 0) is 31.9 Å². The van der Waals surface area contributed by atoms with Crippen molar-refractivity contribution in [3.63, 3.8) is 0 Å². The molecule has 0 aliphatic carbocycles. The third-order valence-corrected chi connectivity index (χ3v) is 4.84. The molecule has 0 radical (unpaired) electrons. The van der Waals surface area contributed by atoms with Gasteiger partial charge in [-0.3, -0.25) is 19.4 Å². The zero-order valence-corrected chi connectivity index (χ0v) is 12.9. The summed E-state index contributed by atoms with van der Waals surface area (Å²) in [5.74, 6) is -2.00. The van der Waals surface area contributed by atoms with Crippen molar-refractivity contribution in [1.82, 2.24) is 15.2 Å². The number of likely N-dealkylation sites (tertiary alicyclic amines) is 1. The molecule has 2 fully saturated rings. The molecule has 0 bridgehead atoms. The minimum Gasteiger partial charge on any atom is -0.481 e. The number of carboxylic acid groups (broad SMARTS) is 1. The average Bonchev–Trinajstić information content (AvgIpc) is 2.84. The Hall–Kier alpha value is -2.44. The van der Waals surface area contributed by atoms with Gasteiger partial charge in [0, 0.05) is 31.4 Å². The quantitative estimate of drug-likeness (QED) is 0.831. The van der Waals surface area contributed by atoms with Gasteiger partial charge in [-0.2, -0.15) is 0 Å². The number of amides is 2. The lowest BCUT2D eigenvalue weighted by atomic mass is 9.77. The number of carbonyl (C=O) groups excluding carboxylic acids is 2. The fourth-order valence-electron chi connectivity index (χ4n) is 3.48. The maximum Gasteiger partial charge on any atom is 0.309 e. The van der Waals surface area contributed by atoms with Crippen molar-refractivity contribution in [2.45, 2.75) is 31.7 Å². The molecule has 7 nitrogen and oxygen atoms in total. The lowest BCUT2D eigenvalue weighted by molar-refractivity contribution is -0.144. The molecule has 122 valence electrons. The smallest absolute Gasteiger partial charge is 0.309 e. The Morgan fingerprint density at radius 2 is 2.04 bits per heavy atom. The lowest BCUT2D eigenvalue weighted by Crippen LogP contribution is -2.56. The van der Waals surface area contributed by atoms with E-state index in [1.54, 1.807) is 23.2 Å². The molecule has 1 atom stereocenters. The van der Waals surface area contributed by atoms with Crippen LogP contribution < -0.4 is 5.32 Å². The van der Waals surface area contributed by atoms with Gasteiger partial charge >= 0.3 is 5.97 Å². The number of carbonyl (C=O) groups is 3. The molecule has 7 heteroatoms. The molecule has 0 saturated carbocycles. The first-order valence-electron chi connectivity index (χ1n) is 7.67. The minimum absolute atomic E-state index is 0.0190. The molecular weight excluding hydrogens is 298 g/mol. The Kier molecular flexibility index (Phi) is 3.79. The summed E-state index contributed by atoms with van der Waals surface area (Å²) in [5, 5.41) is 12.2. The highest BCUT2D eigenvalue weighted by atomic mass is 16.4. The Morgan fingerprint density at radius 3 is 2.61 bits per heavy atom. The summed E-state index contributed by atoms with van der Waals surface area (Å²) < 4.78 is 0. The molecule has 3 rings (SSSR count). The Labute approximate surface area is 133 Å². The third-order valence-electron chi connectivity index (χ3n) is 4.84. The van der Waals surface area contributed by atoms with Crippen LogP contribution in [-0.4, -0.2) is 51.4 Å². The van der Waals surface area contributed by atoms with Crippen molar-refractivity contribution < 1.29 is 19.5 Å². The van der Waals surface area contributed by atoms with Crippen LogP contribution in [0.25, 0.3) is 0 Å². The van der Waals surface area contributed by atoms with E-state index in [0.29, 0.717) is 31.5 Å². The molecule has 2 N–H and O–H groups in total. The fourth-order valence-corrected chi connectivity index (χ4v) is 3.48. The second-order valence-corrected chi connectivity index (χ2v) is 6.28. The van der Waals surface area contributed by atoms with Crippen LogP contribution in [0.15, 0.2) is 18.3 Å². The standard InChI is InChI=1S/C16H19N3O4/c1-10-2-3-11(9-17-10)14(21)19-6-4-16(5-7-19)12(15(22)23)8-13(20)18-16/h2-3,9,12H,4-8H2,1H3,(H,18,20)(H,22,23)/t12-/m1/s1. The van der Waals surface area contributed by atoms with Crippen molar-refractivity contribution in [2.75, 3.05) is 13.1 Å². The molecule has 2 aliphatic heterocycles. The van der Waals surface area contributed by atoms with E-state index in [1.807, 2.05) is 6.92 Å². The Morgan fingerprint density at radius 1 is 1.35 bits per heavy atom. The van der Waals surface area contributed by atoms with Gasteiger partial charge in [-0.25, -0.2) is 0 Å². The van der Waals surface area contributed by atoms with Gasteiger partial charge in [-0.1, -0.05) is 0 Å². The lowest BCUT2D eigenvalue weighted by Gasteiger charge is -2.41. The first-order valence-corrected chi connectivity index (χ1v) is 7.67. The largest absolute Gasteiger partial charge is 0.481 e. The van der Waals surface area contributed by atoms with Gasteiger partial charge in [0.25, 0.3) is 5.91 Å². The number of hydrogen-bond acceptors (Lipinski definition) is 4. The monoisotopic (exact) mass is 317 g/mol. The number of hydrogen-bond donors (Lipinski definition) is 2. The number of piperidine rings is 1. The van der Waals surface area contributed by atoms with Crippen LogP contribution in [0.3, 0.4) is 0 Å². The average molecular weight is 317 g/mol. The van der Waals surface area contributed by atoms with Crippen LogP contribution in [0, 0.1) is 12.8 Å². The van der Waals surface area contributed by atoms with Crippen molar-refractivity contribution >= 4 is 17.8 Å². The van der Waals surface area contributed by atoms with Gasteiger partial charge in [-0.15, -0.1) is 0 Å². The van der Waals surface area contributed by atoms with Crippen molar-refractivity contribution in [3.05, 3.63) is 29.6 Å². The zero-order valence-electron chi connectivity index (χ0n) is 12.9. The Balaban J connectivity index is 1.70. The van der Waals surface area contributed by atoms with Gasteiger partial charge in [0.15, 0.2) is 0 Å². The number of aromatic nitrogens is 1. The summed E-state index contributed by atoms with van der Waals surface area (Å²) in [5.41, 5.74) is 0.652. The molecule has 3 heterocycles. The Bertz CT molecular complexity index is 648. The number of rotatable bonds is 2. The number of aryl methyl sites for hydroxylation is 1. The van der Waals surface area contributed by atoms with E-state index >= 15 is 0 Å². The summed E-state index contributed by atoms with van der Waals surface area (Å²) in [6.45, 7) is 2.71. The SMILES string of the molecule is Cc1ccc(C(=O)N2CCC3(CC2)NC(=O)C[C@@H]3C(=O)O)cn1. The molecular formula is C16H19N3O4. The molecule has 0 unspecified atom stereocenters. The summed E-state index contributed by atoms with van der Waals surface area (Å²) in [4.78, 5) is 41.3. The first kappa shape index (κ1) is 15.5. The van der Waals surface area contributed by atoms with E-state index in [0.717, 1.165) is 5.69 Å². The molecule has 1 spiro atoms. The topological polar surface area (TPSA) is 99.6 Å². The predicted octanol–water partition coefficient (Wildman–Crippen LogP) is 0.586. The van der Waals surface area contributed by atoms with Crippen molar-refractivity contribution in [3.8, 4) is 0 Å². The summed E-state index contributed by atoms with van der Waals surface area (Å²) >= 11 is 0. The molecule has 0 aromatic carbocycles. The van der Waals surface area contributed by atoms with Crippen LogP contribution in [0.4, 0.5) is 0 Å². The zero-order chi connectivity index (χ0) is 16.6. The summed E-state index contributed by atoms with van der Waals surface area (Å²) in [6, 6.07) is 3.53. The molecule has 2 amide bonds. The first-order chi connectivity index (χ1) is 10.9. The maximum absolute atomic E-state index is 12.5. The van der Waals surface area contributed by atoms with E-state index in [1.165, 1.54) is 0 Å². The highest BCUT2D eigenvalue weighted by Crippen LogP contribution is 2.37. The van der Waals surface area contributed by atoms with E-state index in [-0.39, 0.29) is 18.2 Å². The van der Waals surface area contributed by atoms with Gasteiger partial charge in [0.1, 0.15) is 0 Å². The van der Waals surface area contributed by atoms with E-state index in [9.17, 15) is 19.5 Å². The number of nitrogens with zero attached hydrogens (tertiary/aromatic N) is 2. The number of carboxylic acids is 1. The second kappa shape index (κ2) is 5.64. The van der Waals surface area contributed by atoms with Crippen LogP contribution in [-0.2, 0) is 9.59 Å². The summed E-state index contributed by atoms with van der Waals surface area (Å²) in [6.07, 6.45) is 2.49. The minimum atomic E-state index is -0.953. The van der Waals surface area contributed by atoms with Crippen molar-refractivity contribution in [2.24, 2.45) is 5.92 Å². The molecule has 1 aromatic heterocycles. The van der Waals surface area contributed by atoms with Crippen LogP contribution in [0.1, 0.15) is 35.3 Å². The van der Waals surface area contributed by atoms with Crippen LogP contribution in [0.2, 0.25) is 0 Å². The summed E-state index contributed by atoms with van der Waals surface area (Å²) in [7, 11) is 0. The van der Waals surface area contributed by atoms with Crippen LogP contribution >= 0.6 is 0 Å². The predicted molar refractivity (Wildman–Crippen MR) is 80.7 cm³/mol. The third kappa shape index (κ3) is 2.78. The molecule has 23 heavy (non-hydrogen) atoms. The second-order valence-electron chi connectivity index (χ2n) is 6.28. The van der Waals surface area contributed by atoms with Gasteiger partial charge < -0.3 is 15.3 Å². The van der Waals surface area contributed by atoms with Crippen molar-refractivity contribution in [1.29, 1.82) is 0 Å². The van der Waals surface area contributed by atoms with E-state index < -0.39 is 17.4 Å². The van der Waals surface area contributed by atoms with Crippen LogP contribution in [0.5, 0.6) is 0 Å². The van der Waals surface area contributed by atoms with Gasteiger partial charge in [0.05, 0.1) is 17.0 Å². The maximum atomic E-state index is 12.5. The number of nitrogens with one attached hydrogen (secondary N) is 1. The van der Waals surface area contributed by atoms with Gasteiger partial charge in [0.2, 0.25) is 5.91 Å². The number of pyridine rings is 1. The number of aliphatic carboxylic acids is 1. The fraction of sp³-hybridized carbons (Fsp3) is 0.500. The van der Waals surface area contributed by atoms with E-state index in [4.69, 9.17) is 0 Å². The molecule has 2 aliphatic rings.